The fourth-order valence-corrected chi connectivity index (χ4v) is 8.60. The van der Waals surface area contributed by atoms with Crippen LogP contribution in [0.2, 0.25) is 0 Å². The predicted molar refractivity (Wildman–Crippen MR) is 143 cm³/mol. The van der Waals surface area contributed by atoms with Crippen LogP contribution >= 0.6 is 23.5 Å². The highest BCUT2D eigenvalue weighted by Crippen LogP contribution is 2.57. The van der Waals surface area contributed by atoms with Crippen molar-refractivity contribution in [2.24, 2.45) is 0 Å². The monoisotopic (exact) mass is 516 g/mol. The van der Waals surface area contributed by atoms with Gasteiger partial charge in [0.2, 0.25) is 0 Å². The standard InChI is InChI=1S/C26H36N4O3S2/c1-3-33-23(31)12-11-22(20-17-28-25(32-2)29-18-20)26(34-15-16-35-26)13-5-4-8-21-10-9-19-7-6-14-27-24(19)30-21/h9-10,17-18,22H,3-8,11-16H2,1-2H3,(H,27,30). The number of nitrogens with one attached hydrogen (secondary N) is 1. The zero-order valence-electron chi connectivity index (χ0n) is 20.8. The molecule has 0 saturated carbocycles. The summed E-state index contributed by atoms with van der Waals surface area (Å²) in [6.07, 6.45) is 11.4. The largest absolute Gasteiger partial charge is 0.467 e. The maximum absolute atomic E-state index is 12.2. The molecule has 0 spiro atoms. The van der Waals surface area contributed by atoms with Crippen LogP contribution in [0.1, 0.15) is 68.2 Å². The Morgan fingerprint density at radius 2 is 2.00 bits per heavy atom. The number of hydrogen-bond donors (Lipinski definition) is 1. The van der Waals surface area contributed by atoms with Crippen LogP contribution in [0.5, 0.6) is 6.01 Å². The van der Waals surface area contributed by atoms with Gasteiger partial charge in [-0.2, -0.15) is 0 Å². The smallest absolute Gasteiger partial charge is 0.316 e. The average Bonchev–Trinajstić information content (AvgIpc) is 3.37. The number of methoxy groups -OCH3 is 1. The molecule has 2 aliphatic rings. The van der Waals surface area contributed by atoms with Gasteiger partial charge in [0.15, 0.2) is 0 Å². The number of aromatic nitrogens is 3. The number of carbonyl (C=O) groups excluding carboxylic acids is 1. The first-order valence-corrected chi connectivity index (χ1v) is 14.6. The summed E-state index contributed by atoms with van der Waals surface area (Å²) in [6, 6.07) is 4.80. The molecule has 35 heavy (non-hydrogen) atoms. The number of pyridine rings is 1. The van der Waals surface area contributed by atoms with E-state index in [0.717, 1.165) is 68.0 Å². The van der Waals surface area contributed by atoms with E-state index in [1.54, 1.807) is 7.11 Å². The van der Waals surface area contributed by atoms with Gasteiger partial charge in [-0.3, -0.25) is 4.79 Å². The van der Waals surface area contributed by atoms with Crippen LogP contribution in [0.4, 0.5) is 5.82 Å². The first-order valence-electron chi connectivity index (χ1n) is 12.7. The molecule has 0 bridgehead atoms. The summed E-state index contributed by atoms with van der Waals surface area (Å²) in [6.45, 7) is 3.28. The van der Waals surface area contributed by atoms with E-state index in [-0.39, 0.29) is 16.0 Å². The van der Waals surface area contributed by atoms with Gasteiger partial charge in [0.25, 0.3) is 0 Å². The molecule has 0 radical (unpaired) electrons. The highest BCUT2D eigenvalue weighted by Gasteiger charge is 2.43. The lowest BCUT2D eigenvalue weighted by molar-refractivity contribution is -0.143. The zero-order valence-corrected chi connectivity index (χ0v) is 22.4. The summed E-state index contributed by atoms with van der Waals surface area (Å²) in [4.78, 5) is 25.8. The number of carbonyl (C=O) groups is 1. The van der Waals surface area contributed by atoms with Crippen LogP contribution in [-0.4, -0.2) is 56.8 Å². The molecule has 1 unspecified atom stereocenters. The molecule has 1 saturated heterocycles. The first kappa shape index (κ1) is 26.1. The second kappa shape index (κ2) is 12.8. The van der Waals surface area contributed by atoms with Gasteiger partial charge in [0, 0.05) is 48.5 Å². The summed E-state index contributed by atoms with van der Waals surface area (Å²) in [5.41, 5.74) is 3.57. The molecular weight excluding hydrogens is 480 g/mol. The van der Waals surface area contributed by atoms with Gasteiger partial charge in [-0.25, -0.2) is 15.0 Å². The maximum Gasteiger partial charge on any atom is 0.316 e. The Hall–Kier alpha value is -2.00. The van der Waals surface area contributed by atoms with Crippen LogP contribution in [0.15, 0.2) is 24.5 Å². The molecule has 2 aliphatic heterocycles. The van der Waals surface area contributed by atoms with Crippen LogP contribution in [-0.2, 0) is 22.4 Å². The molecule has 1 atom stereocenters. The Morgan fingerprint density at radius 3 is 2.74 bits per heavy atom. The number of ether oxygens (including phenoxy) is 2. The van der Waals surface area contributed by atoms with Crippen molar-refractivity contribution >= 4 is 35.3 Å². The molecular formula is C26H36N4O3S2. The molecule has 190 valence electrons. The maximum atomic E-state index is 12.2. The number of fused-ring (bicyclic) bond motifs is 1. The lowest BCUT2D eigenvalue weighted by Gasteiger charge is -2.36. The SMILES string of the molecule is CCOC(=O)CCC(c1cnc(OC)nc1)C1(CCCCc2ccc3c(n2)NCCC3)SCCS1. The highest BCUT2D eigenvalue weighted by atomic mass is 32.2. The van der Waals surface area contributed by atoms with Crippen LogP contribution in [0.25, 0.3) is 0 Å². The van der Waals surface area contributed by atoms with Crippen molar-refractivity contribution < 1.29 is 14.3 Å². The van der Waals surface area contributed by atoms with Gasteiger partial charge in [-0.15, -0.1) is 23.5 Å². The minimum absolute atomic E-state index is 0.00921. The van der Waals surface area contributed by atoms with Crippen LogP contribution in [0, 0.1) is 0 Å². The normalized spacial score (nSPS) is 17.3. The van der Waals surface area contributed by atoms with Gasteiger partial charge < -0.3 is 14.8 Å². The van der Waals surface area contributed by atoms with Crippen LogP contribution < -0.4 is 10.1 Å². The van der Waals surface area contributed by atoms with Crippen molar-refractivity contribution in [1.29, 1.82) is 0 Å². The van der Waals surface area contributed by atoms with Crippen LogP contribution in [0.3, 0.4) is 0 Å². The summed E-state index contributed by atoms with van der Waals surface area (Å²) in [7, 11) is 1.57. The Balaban J connectivity index is 1.43. The predicted octanol–water partition coefficient (Wildman–Crippen LogP) is 5.25. The fourth-order valence-electron chi connectivity index (χ4n) is 4.92. The lowest BCUT2D eigenvalue weighted by atomic mass is 9.89. The molecule has 9 heteroatoms. The van der Waals surface area contributed by atoms with E-state index in [9.17, 15) is 4.79 Å². The number of aryl methyl sites for hydroxylation is 2. The molecule has 0 aliphatic carbocycles. The van der Waals surface area contributed by atoms with Crippen molar-refractivity contribution in [3.8, 4) is 6.01 Å². The summed E-state index contributed by atoms with van der Waals surface area (Å²) in [5.74, 6) is 3.35. The number of thioether (sulfide) groups is 2. The number of nitrogens with zero attached hydrogens (tertiary/aromatic N) is 3. The second-order valence-electron chi connectivity index (χ2n) is 8.96. The van der Waals surface area contributed by atoms with E-state index in [1.807, 2.05) is 42.8 Å². The van der Waals surface area contributed by atoms with Gasteiger partial charge in [-0.05, 0) is 62.6 Å². The fraction of sp³-hybridized carbons (Fsp3) is 0.615. The Kier molecular flexibility index (Phi) is 9.54. The number of anilines is 1. The minimum Gasteiger partial charge on any atom is -0.467 e. The van der Waals surface area contributed by atoms with Crippen molar-refractivity contribution in [3.05, 3.63) is 41.3 Å². The quantitative estimate of drug-likeness (QED) is 0.300. The summed E-state index contributed by atoms with van der Waals surface area (Å²) >= 11 is 4.06. The zero-order chi connectivity index (χ0) is 24.5. The molecule has 4 heterocycles. The number of rotatable bonds is 12. The third-order valence-electron chi connectivity index (χ3n) is 6.64. The average molecular weight is 517 g/mol. The molecule has 0 amide bonds. The van der Waals surface area contributed by atoms with E-state index in [4.69, 9.17) is 14.5 Å². The van der Waals surface area contributed by atoms with E-state index >= 15 is 0 Å². The topological polar surface area (TPSA) is 86.2 Å². The van der Waals surface area contributed by atoms with Gasteiger partial charge in [0.1, 0.15) is 5.82 Å². The minimum atomic E-state index is -0.137. The third-order valence-corrected chi connectivity index (χ3v) is 10.4. The van der Waals surface area contributed by atoms with Crippen molar-refractivity contribution in [2.45, 2.75) is 68.3 Å². The Labute approximate surface area is 217 Å². The second-order valence-corrected chi connectivity index (χ2v) is 12.1. The molecule has 7 nitrogen and oxygen atoms in total. The van der Waals surface area contributed by atoms with E-state index in [1.165, 1.54) is 17.7 Å². The van der Waals surface area contributed by atoms with Crippen molar-refractivity contribution in [3.63, 3.8) is 0 Å². The van der Waals surface area contributed by atoms with E-state index in [2.05, 4.69) is 27.4 Å². The molecule has 1 N–H and O–H groups in total. The molecule has 2 aromatic rings. The number of esters is 1. The number of hydrogen-bond acceptors (Lipinski definition) is 9. The Bertz CT molecular complexity index is 968. The third kappa shape index (κ3) is 6.82. The number of unbranched alkanes of at least 4 members (excludes halogenated alkanes) is 1. The van der Waals surface area contributed by atoms with Gasteiger partial charge in [0.05, 0.1) is 17.8 Å². The Morgan fingerprint density at radius 1 is 1.20 bits per heavy atom. The van der Waals surface area contributed by atoms with Gasteiger partial charge >= 0.3 is 12.0 Å². The van der Waals surface area contributed by atoms with E-state index < -0.39 is 0 Å². The highest BCUT2D eigenvalue weighted by molar-refractivity contribution is 8.21. The first-order chi connectivity index (χ1) is 17.1. The van der Waals surface area contributed by atoms with E-state index in [0.29, 0.717) is 19.0 Å². The lowest BCUT2D eigenvalue weighted by Crippen LogP contribution is -2.28. The molecule has 1 fully saturated rings. The van der Waals surface area contributed by atoms with Crippen molar-refractivity contribution in [1.82, 2.24) is 15.0 Å². The molecule has 2 aromatic heterocycles. The summed E-state index contributed by atoms with van der Waals surface area (Å²) in [5, 5.41) is 3.44. The van der Waals surface area contributed by atoms with Crippen molar-refractivity contribution in [2.75, 3.05) is 37.1 Å². The van der Waals surface area contributed by atoms with Gasteiger partial charge in [-0.1, -0.05) is 12.5 Å². The molecule has 0 aromatic carbocycles. The summed E-state index contributed by atoms with van der Waals surface area (Å²) < 4.78 is 10.4. The molecule has 4 rings (SSSR count).